The Labute approximate surface area is 148 Å². The average molecular weight is 358 g/mol. The van der Waals surface area contributed by atoms with Crippen LogP contribution >= 0.6 is 11.3 Å². The highest BCUT2D eigenvalue weighted by molar-refractivity contribution is 7.17. The Bertz CT molecular complexity index is 959. The van der Waals surface area contributed by atoms with Crippen LogP contribution in [0.3, 0.4) is 0 Å². The van der Waals surface area contributed by atoms with E-state index in [1.54, 1.807) is 7.11 Å². The molecule has 0 amide bonds. The summed E-state index contributed by atoms with van der Waals surface area (Å²) in [7, 11) is 2.92. The van der Waals surface area contributed by atoms with Crippen molar-refractivity contribution < 1.29 is 14.3 Å². The third-order valence-electron chi connectivity index (χ3n) is 4.12. The quantitative estimate of drug-likeness (QED) is 0.655. The number of fused-ring (bicyclic) bond motifs is 1. The number of carbonyl (C=O) groups excluding carboxylic acids is 1. The molecule has 1 aromatic carbocycles. The summed E-state index contributed by atoms with van der Waals surface area (Å²) in [5, 5.41) is 2.42. The van der Waals surface area contributed by atoms with Gasteiger partial charge in [0.1, 0.15) is 16.6 Å². The summed E-state index contributed by atoms with van der Waals surface area (Å²) in [6.07, 6.45) is 1.87. The predicted molar refractivity (Wildman–Crippen MR) is 97.2 cm³/mol. The molecule has 130 valence electrons. The van der Waals surface area contributed by atoms with Gasteiger partial charge in [-0.1, -0.05) is 19.1 Å². The van der Waals surface area contributed by atoms with Gasteiger partial charge in [0.2, 0.25) is 0 Å². The highest BCUT2D eigenvalue weighted by atomic mass is 32.1. The molecule has 0 saturated carbocycles. The van der Waals surface area contributed by atoms with Crippen LogP contribution in [0.25, 0.3) is 21.3 Å². The molecule has 0 spiro atoms. The SMILES string of the molecule is CC[C@@H](C(=O)OC)n1cnc2scc(-c3ccc(OC)cc3)c2c1=O. The number of ether oxygens (including phenoxy) is 2. The van der Waals surface area contributed by atoms with Gasteiger partial charge in [-0.05, 0) is 24.1 Å². The fourth-order valence-electron chi connectivity index (χ4n) is 2.76. The number of methoxy groups -OCH3 is 2. The Morgan fingerprint density at radius 3 is 2.60 bits per heavy atom. The van der Waals surface area contributed by atoms with Crippen molar-refractivity contribution in [1.82, 2.24) is 9.55 Å². The van der Waals surface area contributed by atoms with Gasteiger partial charge in [0, 0.05) is 10.9 Å². The largest absolute Gasteiger partial charge is 0.497 e. The van der Waals surface area contributed by atoms with Crippen LogP contribution in [0, 0.1) is 0 Å². The number of thiophene rings is 1. The van der Waals surface area contributed by atoms with Crippen molar-refractivity contribution in [3.8, 4) is 16.9 Å². The Balaban J connectivity index is 2.17. The first-order valence-corrected chi connectivity index (χ1v) is 8.69. The van der Waals surface area contributed by atoms with E-state index in [1.165, 1.54) is 29.3 Å². The summed E-state index contributed by atoms with van der Waals surface area (Å²) >= 11 is 1.40. The summed E-state index contributed by atoms with van der Waals surface area (Å²) in [5.74, 6) is 0.294. The fraction of sp³-hybridized carbons (Fsp3) is 0.278. The van der Waals surface area contributed by atoms with Crippen molar-refractivity contribution in [2.45, 2.75) is 19.4 Å². The number of benzene rings is 1. The standard InChI is InChI=1S/C18H18N2O4S/c1-4-14(18(22)24-3)20-10-19-16-15(17(20)21)13(9-25-16)11-5-7-12(23-2)8-6-11/h5-10,14H,4H2,1-3H3/t14-/m0/s1. The maximum atomic E-state index is 13.0. The van der Waals surface area contributed by atoms with E-state index in [2.05, 4.69) is 4.98 Å². The number of nitrogens with zero attached hydrogens (tertiary/aromatic N) is 2. The van der Waals surface area contributed by atoms with Gasteiger partial charge < -0.3 is 9.47 Å². The molecule has 3 rings (SSSR count). The smallest absolute Gasteiger partial charge is 0.329 e. The van der Waals surface area contributed by atoms with Crippen molar-refractivity contribution in [3.63, 3.8) is 0 Å². The zero-order valence-corrected chi connectivity index (χ0v) is 15.0. The van der Waals surface area contributed by atoms with Gasteiger partial charge in [-0.25, -0.2) is 9.78 Å². The molecule has 2 heterocycles. The first kappa shape index (κ1) is 17.2. The molecule has 25 heavy (non-hydrogen) atoms. The Morgan fingerprint density at radius 2 is 2.00 bits per heavy atom. The lowest BCUT2D eigenvalue weighted by molar-refractivity contribution is -0.144. The van der Waals surface area contributed by atoms with Gasteiger partial charge in [0.15, 0.2) is 0 Å². The molecule has 7 heteroatoms. The Morgan fingerprint density at radius 1 is 1.28 bits per heavy atom. The second-order valence-electron chi connectivity index (χ2n) is 5.46. The molecular formula is C18H18N2O4S. The van der Waals surface area contributed by atoms with E-state index < -0.39 is 12.0 Å². The molecule has 0 bridgehead atoms. The molecule has 0 aliphatic heterocycles. The van der Waals surface area contributed by atoms with Crippen LogP contribution in [0.4, 0.5) is 0 Å². The van der Waals surface area contributed by atoms with E-state index in [9.17, 15) is 9.59 Å². The molecule has 2 aromatic heterocycles. The lowest BCUT2D eigenvalue weighted by Gasteiger charge is -2.15. The molecule has 3 aromatic rings. The first-order valence-electron chi connectivity index (χ1n) is 7.81. The van der Waals surface area contributed by atoms with E-state index >= 15 is 0 Å². The van der Waals surface area contributed by atoms with Gasteiger partial charge in [-0.2, -0.15) is 0 Å². The van der Waals surface area contributed by atoms with Gasteiger partial charge in [0.05, 0.1) is 25.9 Å². The summed E-state index contributed by atoms with van der Waals surface area (Å²) in [5.41, 5.74) is 1.46. The summed E-state index contributed by atoms with van der Waals surface area (Å²) in [6.45, 7) is 1.83. The highest BCUT2D eigenvalue weighted by Crippen LogP contribution is 2.32. The minimum atomic E-state index is -0.682. The first-order chi connectivity index (χ1) is 12.1. The van der Waals surface area contributed by atoms with Crippen molar-refractivity contribution in [2.24, 2.45) is 0 Å². The van der Waals surface area contributed by atoms with Crippen molar-refractivity contribution in [2.75, 3.05) is 14.2 Å². The van der Waals surface area contributed by atoms with E-state index in [1.807, 2.05) is 36.6 Å². The molecule has 0 radical (unpaired) electrons. The van der Waals surface area contributed by atoms with Crippen LogP contribution in [0.1, 0.15) is 19.4 Å². The minimum absolute atomic E-state index is 0.241. The number of hydrogen-bond acceptors (Lipinski definition) is 6. The molecule has 1 atom stereocenters. The van der Waals surface area contributed by atoms with Crippen molar-refractivity contribution >= 4 is 27.5 Å². The van der Waals surface area contributed by atoms with Crippen LogP contribution in [0.5, 0.6) is 5.75 Å². The molecule has 0 N–H and O–H groups in total. The molecule has 6 nitrogen and oxygen atoms in total. The van der Waals surface area contributed by atoms with Gasteiger partial charge >= 0.3 is 5.97 Å². The normalized spacial score (nSPS) is 12.1. The summed E-state index contributed by atoms with van der Waals surface area (Å²) in [4.78, 5) is 30.0. The number of hydrogen-bond donors (Lipinski definition) is 0. The topological polar surface area (TPSA) is 70.4 Å². The number of rotatable bonds is 5. The Kier molecular flexibility index (Phi) is 4.85. The molecule has 0 saturated heterocycles. The van der Waals surface area contributed by atoms with Crippen molar-refractivity contribution in [3.05, 3.63) is 46.3 Å². The predicted octanol–water partition coefficient (Wildman–Crippen LogP) is 3.26. The zero-order chi connectivity index (χ0) is 18.0. The number of aromatic nitrogens is 2. The summed E-state index contributed by atoms with van der Waals surface area (Å²) < 4.78 is 11.3. The number of carbonyl (C=O) groups is 1. The number of esters is 1. The monoisotopic (exact) mass is 358 g/mol. The lowest BCUT2D eigenvalue weighted by Crippen LogP contribution is -2.30. The Hall–Kier alpha value is -2.67. The van der Waals surface area contributed by atoms with E-state index in [-0.39, 0.29) is 5.56 Å². The van der Waals surface area contributed by atoms with Gasteiger partial charge in [-0.15, -0.1) is 11.3 Å². The molecule has 0 aliphatic rings. The van der Waals surface area contributed by atoms with Crippen LogP contribution in [0.15, 0.2) is 40.8 Å². The molecular weight excluding hydrogens is 340 g/mol. The lowest BCUT2D eigenvalue weighted by atomic mass is 10.1. The highest BCUT2D eigenvalue weighted by Gasteiger charge is 2.23. The van der Waals surface area contributed by atoms with Gasteiger partial charge in [-0.3, -0.25) is 9.36 Å². The zero-order valence-electron chi connectivity index (χ0n) is 14.2. The second kappa shape index (κ2) is 7.06. The maximum Gasteiger partial charge on any atom is 0.329 e. The van der Waals surface area contributed by atoms with E-state index in [4.69, 9.17) is 9.47 Å². The summed E-state index contributed by atoms with van der Waals surface area (Å²) in [6, 6.07) is 6.80. The van der Waals surface area contributed by atoms with E-state index in [0.717, 1.165) is 16.9 Å². The maximum absolute atomic E-state index is 13.0. The fourth-order valence-corrected chi connectivity index (χ4v) is 3.67. The molecule has 0 fully saturated rings. The average Bonchev–Trinajstić information content (AvgIpc) is 3.09. The van der Waals surface area contributed by atoms with Crippen LogP contribution in [-0.4, -0.2) is 29.7 Å². The third kappa shape index (κ3) is 3.02. The van der Waals surface area contributed by atoms with Gasteiger partial charge in [0.25, 0.3) is 5.56 Å². The molecule has 0 aliphatic carbocycles. The second-order valence-corrected chi connectivity index (χ2v) is 6.32. The van der Waals surface area contributed by atoms with Crippen molar-refractivity contribution in [1.29, 1.82) is 0 Å². The van der Waals surface area contributed by atoms with Crippen LogP contribution in [0.2, 0.25) is 0 Å². The molecule has 0 unspecified atom stereocenters. The van der Waals surface area contributed by atoms with E-state index in [0.29, 0.717) is 16.6 Å². The van der Waals surface area contributed by atoms with Crippen LogP contribution < -0.4 is 10.3 Å². The third-order valence-corrected chi connectivity index (χ3v) is 5.00. The minimum Gasteiger partial charge on any atom is -0.497 e. The van der Waals surface area contributed by atoms with Crippen LogP contribution in [-0.2, 0) is 9.53 Å².